The lowest BCUT2D eigenvalue weighted by atomic mass is 10.1. The van der Waals surface area contributed by atoms with Crippen molar-refractivity contribution in [3.05, 3.63) is 23.9 Å². The van der Waals surface area contributed by atoms with Crippen LogP contribution in [0.25, 0.3) is 0 Å². The van der Waals surface area contributed by atoms with Crippen LogP contribution in [0.4, 0.5) is 5.82 Å². The highest BCUT2D eigenvalue weighted by Gasteiger charge is 2.22. The molecule has 5 nitrogen and oxygen atoms in total. The molecular weight excluding hydrogens is 256 g/mol. The summed E-state index contributed by atoms with van der Waals surface area (Å²) in [5.74, 6) is 0.221. The molecule has 0 aliphatic rings. The minimum Gasteiger partial charge on any atom is -0.462 e. The number of aromatic nitrogens is 1. The molecule has 1 N–H and O–H groups in total. The second-order valence-electron chi connectivity index (χ2n) is 4.48. The molecule has 0 atom stereocenters. The second-order valence-corrected chi connectivity index (χ2v) is 4.48. The maximum absolute atomic E-state index is 12.0. The first-order valence-electron chi connectivity index (χ1n) is 7.19. The van der Waals surface area contributed by atoms with Gasteiger partial charge < -0.3 is 14.7 Å². The van der Waals surface area contributed by atoms with E-state index in [9.17, 15) is 9.90 Å². The Hall–Kier alpha value is -1.62. The van der Waals surface area contributed by atoms with E-state index in [1.165, 1.54) is 0 Å². The first-order valence-corrected chi connectivity index (χ1v) is 7.19. The fourth-order valence-electron chi connectivity index (χ4n) is 2.29. The molecule has 0 aromatic carbocycles. The van der Waals surface area contributed by atoms with Crippen LogP contribution in [0.2, 0.25) is 0 Å². The van der Waals surface area contributed by atoms with Crippen LogP contribution >= 0.6 is 0 Å². The molecule has 0 saturated heterocycles. The van der Waals surface area contributed by atoms with E-state index in [0.717, 1.165) is 12.8 Å². The Morgan fingerprint density at radius 1 is 1.40 bits per heavy atom. The Kier molecular flexibility index (Phi) is 7.01. The number of hydrogen-bond acceptors (Lipinski definition) is 5. The predicted octanol–water partition coefficient (Wildman–Crippen LogP) is 2.25. The molecule has 0 fully saturated rings. The van der Waals surface area contributed by atoms with Gasteiger partial charge in [0.25, 0.3) is 0 Å². The lowest BCUT2D eigenvalue weighted by Crippen LogP contribution is -2.38. The fraction of sp³-hybridized carbons (Fsp3) is 0.600. The van der Waals surface area contributed by atoms with Crippen molar-refractivity contribution in [3.63, 3.8) is 0 Å². The number of anilines is 1. The van der Waals surface area contributed by atoms with Gasteiger partial charge >= 0.3 is 5.97 Å². The van der Waals surface area contributed by atoms with Gasteiger partial charge in [-0.05, 0) is 31.9 Å². The number of aliphatic hydroxyl groups is 1. The van der Waals surface area contributed by atoms with Crippen molar-refractivity contribution in [1.29, 1.82) is 0 Å². The quantitative estimate of drug-likeness (QED) is 0.740. The van der Waals surface area contributed by atoms with Gasteiger partial charge in [-0.25, -0.2) is 9.78 Å². The number of rotatable bonds is 8. The van der Waals surface area contributed by atoms with Crippen molar-refractivity contribution >= 4 is 11.8 Å². The van der Waals surface area contributed by atoms with Crippen LogP contribution in [0.5, 0.6) is 0 Å². The van der Waals surface area contributed by atoms with Crippen LogP contribution < -0.4 is 4.90 Å². The van der Waals surface area contributed by atoms with E-state index < -0.39 is 0 Å². The summed E-state index contributed by atoms with van der Waals surface area (Å²) in [6, 6.07) is 3.68. The van der Waals surface area contributed by atoms with Gasteiger partial charge in [0.2, 0.25) is 0 Å². The van der Waals surface area contributed by atoms with Crippen LogP contribution in [-0.4, -0.2) is 41.9 Å². The maximum Gasteiger partial charge on any atom is 0.341 e. The standard InChI is InChI=1S/C15H24N2O3/c1-4-12(5-2)17(10-11-18)14-13(8-7-9-16-14)15(19)20-6-3/h7-9,12,18H,4-6,10-11H2,1-3H3. The largest absolute Gasteiger partial charge is 0.462 e. The molecule has 5 heteroatoms. The Bertz CT molecular complexity index is 419. The lowest BCUT2D eigenvalue weighted by molar-refractivity contribution is 0.0526. The molecule has 0 amide bonds. The highest BCUT2D eigenvalue weighted by molar-refractivity contribution is 5.94. The van der Waals surface area contributed by atoms with Gasteiger partial charge in [0, 0.05) is 18.8 Å². The molecule has 0 spiro atoms. The molecule has 0 unspecified atom stereocenters. The van der Waals surface area contributed by atoms with Crippen LogP contribution in [0.3, 0.4) is 0 Å². The number of pyridine rings is 1. The number of carbonyl (C=O) groups is 1. The molecule has 0 aliphatic heterocycles. The Balaban J connectivity index is 3.15. The van der Waals surface area contributed by atoms with E-state index in [2.05, 4.69) is 18.8 Å². The zero-order valence-corrected chi connectivity index (χ0v) is 12.5. The van der Waals surface area contributed by atoms with Crippen molar-refractivity contribution in [1.82, 2.24) is 4.98 Å². The second kappa shape index (κ2) is 8.53. The van der Waals surface area contributed by atoms with Crippen LogP contribution in [-0.2, 0) is 4.74 Å². The average molecular weight is 280 g/mol. The van der Waals surface area contributed by atoms with Crippen LogP contribution in [0.15, 0.2) is 18.3 Å². The Morgan fingerprint density at radius 2 is 2.10 bits per heavy atom. The summed E-state index contributed by atoms with van der Waals surface area (Å²) < 4.78 is 5.08. The van der Waals surface area contributed by atoms with Crippen LogP contribution in [0.1, 0.15) is 44.0 Å². The Morgan fingerprint density at radius 3 is 2.65 bits per heavy atom. The highest BCUT2D eigenvalue weighted by atomic mass is 16.5. The summed E-state index contributed by atoms with van der Waals surface area (Å²) in [4.78, 5) is 18.3. The predicted molar refractivity (Wildman–Crippen MR) is 79.0 cm³/mol. The summed E-state index contributed by atoms with van der Waals surface area (Å²) in [5.41, 5.74) is 0.453. The number of carbonyl (C=O) groups excluding carboxylic acids is 1. The molecule has 0 saturated carbocycles. The third-order valence-corrected chi connectivity index (χ3v) is 3.28. The van der Waals surface area contributed by atoms with Crippen molar-refractivity contribution in [3.8, 4) is 0 Å². The van der Waals surface area contributed by atoms with Crippen LogP contribution in [0, 0.1) is 0 Å². The van der Waals surface area contributed by atoms with Gasteiger partial charge in [0.1, 0.15) is 11.4 Å². The summed E-state index contributed by atoms with van der Waals surface area (Å²) >= 11 is 0. The van der Waals surface area contributed by atoms with E-state index in [-0.39, 0.29) is 18.6 Å². The molecule has 112 valence electrons. The highest BCUT2D eigenvalue weighted by Crippen LogP contribution is 2.23. The summed E-state index contributed by atoms with van der Waals surface area (Å²) in [7, 11) is 0. The number of nitrogens with zero attached hydrogens (tertiary/aromatic N) is 2. The summed E-state index contributed by atoms with van der Waals surface area (Å²) in [5, 5.41) is 9.29. The molecular formula is C15H24N2O3. The van der Waals surface area contributed by atoms with E-state index >= 15 is 0 Å². The number of aliphatic hydroxyl groups excluding tert-OH is 1. The fourth-order valence-corrected chi connectivity index (χ4v) is 2.29. The number of ether oxygens (including phenoxy) is 1. The maximum atomic E-state index is 12.0. The zero-order chi connectivity index (χ0) is 15.0. The smallest absolute Gasteiger partial charge is 0.341 e. The third-order valence-electron chi connectivity index (χ3n) is 3.28. The molecule has 20 heavy (non-hydrogen) atoms. The topological polar surface area (TPSA) is 62.7 Å². The molecule has 0 radical (unpaired) electrons. The molecule has 1 aromatic rings. The molecule has 1 heterocycles. The molecule has 0 bridgehead atoms. The first-order chi connectivity index (χ1) is 9.69. The normalized spacial score (nSPS) is 10.7. The average Bonchev–Trinajstić information content (AvgIpc) is 2.48. The van der Waals surface area contributed by atoms with E-state index in [0.29, 0.717) is 24.5 Å². The zero-order valence-electron chi connectivity index (χ0n) is 12.5. The molecule has 0 aliphatic carbocycles. The molecule has 1 rings (SSSR count). The van der Waals surface area contributed by atoms with Gasteiger partial charge in [-0.15, -0.1) is 0 Å². The van der Waals surface area contributed by atoms with Crippen molar-refractivity contribution < 1.29 is 14.6 Å². The first kappa shape index (κ1) is 16.4. The Labute approximate surface area is 120 Å². The third kappa shape index (κ3) is 3.93. The van der Waals surface area contributed by atoms with Gasteiger partial charge in [-0.2, -0.15) is 0 Å². The van der Waals surface area contributed by atoms with Gasteiger partial charge in [-0.1, -0.05) is 13.8 Å². The monoisotopic (exact) mass is 280 g/mol. The van der Waals surface area contributed by atoms with Crippen molar-refractivity contribution in [2.75, 3.05) is 24.7 Å². The minimum atomic E-state index is -0.371. The van der Waals surface area contributed by atoms with Gasteiger partial charge in [-0.3, -0.25) is 0 Å². The van der Waals surface area contributed by atoms with Crippen molar-refractivity contribution in [2.24, 2.45) is 0 Å². The SMILES string of the molecule is CCOC(=O)c1cccnc1N(CCO)C(CC)CC. The van der Waals surface area contributed by atoms with E-state index in [1.807, 2.05) is 4.90 Å². The van der Waals surface area contributed by atoms with Gasteiger partial charge in [0.05, 0.1) is 13.2 Å². The molecule has 1 aromatic heterocycles. The lowest BCUT2D eigenvalue weighted by Gasteiger charge is -2.32. The van der Waals surface area contributed by atoms with E-state index in [4.69, 9.17) is 4.74 Å². The number of esters is 1. The van der Waals surface area contributed by atoms with Gasteiger partial charge in [0.15, 0.2) is 0 Å². The minimum absolute atomic E-state index is 0.0232. The van der Waals surface area contributed by atoms with Crippen molar-refractivity contribution in [2.45, 2.75) is 39.7 Å². The van der Waals surface area contributed by atoms with E-state index in [1.54, 1.807) is 25.3 Å². The summed E-state index contributed by atoms with van der Waals surface area (Å²) in [6.07, 6.45) is 3.51. The summed E-state index contributed by atoms with van der Waals surface area (Å²) in [6.45, 7) is 6.76. The number of hydrogen-bond donors (Lipinski definition) is 1.